The molecule has 0 bridgehead atoms. The Labute approximate surface area is 219 Å². The van der Waals surface area contributed by atoms with Crippen molar-refractivity contribution in [2.75, 3.05) is 11.4 Å². The molecule has 6 rings (SSSR count). The maximum Gasteiger partial charge on any atom is 0.213 e. The molecule has 0 unspecified atom stereocenters. The van der Waals surface area contributed by atoms with Gasteiger partial charge in [-0.3, -0.25) is 0 Å². The lowest BCUT2D eigenvalue weighted by atomic mass is 9.91. The van der Waals surface area contributed by atoms with Crippen LogP contribution >= 0.6 is 0 Å². The van der Waals surface area contributed by atoms with E-state index in [1.807, 2.05) is 0 Å². The Kier molecular flexibility index (Phi) is 6.16. The van der Waals surface area contributed by atoms with E-state index in [9.17, 15) is 0 Å². The number of nitrogens with zero attached hydrogens (tertiary/aromatic N) is 2. The minimum atomic E-state index is 0.917. The SMILES string of the molecule is CCN1/C(=C/C=C/C=C/c2c3ccccc3c3ccccc3[n+]2CC)c2ccccc2-c2ccccc21. The number of aryl methyl sites for hydroxylation is 1. The normalized spacial score (nSPS) is 14.2. The van der Waals surface area contributed by atoms with E-state index in [1.165, 1.54) is 55.4 Å². The lowest BCUT2D eigenvalue weighted by Crippen LogP contribution is -2.37. The van der Waals surface area contributed by atoms with Crippen LogP contribution in [-0.4, -0.2) is 6.54 Å². The molecule has 2 heteroatoms. The minimum absolute atomic E-state index is 0.917. The van der Waals surface area contributed by atoms with Crippen molar-refractivity contribution in [1.82, 2.24) is 0 Å². The molecule has 2 heterocycles. The monoisotopic (exact) mass is 479 g/mol. The second-order valence-electron chi connectivity index (χ2n) is 9.30. The van der Waals surface area contributed by atoms with Crippen LogP contribution in [0.2, 0.25) is 0 Å². The zero-order valence-electron chi connectivity index (χ0n) is 21.4. The van der Waals surface area contributed by atoms with Crippen LogP contribution < -0.4 is 9.47 Å². The van der Waals surface area contributed by atoms with Gasteiger partial charge in [0.1, 0.15) is 6.54 Å². The molecule has 0 amide bonds. The maximum atomic E-state index is 2.41. The van der Waals surface area contributed by atoms with Crippen molar-refractivity contribution in [3.63, 3.8) is 0 Å². The molecule has 0 saturated heterocycles. The highest BCUT2D eigenvalue weighted by Gasteiger charge is 2.24. The summed E-state index contributed by atoms with van der Waals surface area (Å²) in [5.74, 6) is 0. The van der Waals surface area contributed by atoms with Gasteiger partial charge < -0.3 is 4.90 Å². The Morgan fingerprint density at radius 1 is 0.622 bits per heavy atom. The van der Waals surface area contributed by atoms with Crippen LogP contribution in [0.5, 0.6) is 0 Å². The molecule has 0 N–H and O–H groups in total. The number of pyridine rings is 1. The maximum absolute atomic E-state index is 2.41. The van der Waals surface area contributed by atoms with Crippen molar-refractivity contribution in [2.45, 2.75) is 20.4 Å². The van der Waals surface area contributed by atoms with Gasteiger partial charge in [-0.1, -0.05) is 91.0 Å². The molecule has 0 aliphatic carbocycles. The molecule has 1 aliphatic rings. The third-order valence-electron chi connectivity index (χ3n) is 7.32. The van der Waals surface area contributed by atoms with Gasteiger partial charge in [0.15, 0.2) is 0 Å². The van der Waals surface area contributed by atoms with Crippen LogP contribution in [0.4, 0.5) is 5.69 Å². The molecule has 0 atom stereocenters. The first kappa shape index (κ1) is 23.0. The van der Waals surface area contributed by atoms with Crippen molar-refractivity contribution in [2.24, 2.45) is 0 Å². The van der Waals surface area contributed by atoms with Gasteiger partial charge in [0.2, 0.25) is 11.2 Å². The van der Waals surface area contributed by atoms with E-state index in [-0.39, 0.29) is 0 Å². The van der Waals surface area contributed by atoms with E-state index < -0.39 is 0 Å². The fourth-order valence-corrected chi connectivity index (χ4v) is 5.70. The molecule has 1 aromatic heterocycles. The largest absolute Gasteiger partial charge is 0.341 e. The van der Waals surface area contributed by atoms with Gasteiger partial charge in [0.05, 0.1) is 10.8 Å². The van der Waals surface area contributed by atoms with Gasteiger partial charge in [-0.25, -0.2) is 0 Å². The van der Waals surface area contributed by atoms with Crippen LogP contribution in [-0.2, 0) is 6.54 Å². The first-order valence-corrected chi connectivity index (χ1v) is 13.2. The molecule has 0 radical (unpaired) electrons. The number of anilines is 1. The summed E-state index contributed by atoms with van der Waals surface area (Å²) in [7, 11) is 0. The molecule has 37 heavy (non-hydrogen) atoms. The predicted molar refractivity (Wildman–Crippen MR) is 158 cm³/mol. The van der Waals surface area contributed by atoms with Gasteiger partial charge >= 0.3 is 0 Å². The molecule has 0 spiro atoms. The smallest absolute Gasteiger partial charge is 0.213 e. The van der Waals surface area contributed by atoms with E-state index in [0.29, 0.717) is 0 Å². The Balaban J connectivity index is 1.40. The lowest BCUT2D eigenvalue weighted by Gasteiger charge is -2.34. The Hall–Kier alpha value is -4.43. The second kappa shape index (κ2) is 9.91. The Bertz CT molecular complexity index is 1700. The first-order chi connectivity index (χ1) is 18.3. The van der Waals surface area contributed by atoms with Gasteiger partial charge in [-0.2, -0.15) is 4.57 Å². The molecular formula is C35H31N2+. The summed E-state index contributed by atoms with van der Waals surface area (Å²) in [5.41, 5.74) is 8.89. The van der Waals surface area contributed by atoms with E-state index >= 15 is 0 Å². The van der Waals surface area contributed by atoms with Gasteiger partial charge in [-0.15, -0.1) is 0 Å². The lowest BCUT2D eigenvalue weighted by molar-refractivity contribution is -0.668. The predicted octanol–water partition coefficient (Wildman–Crippen LogP) is 8.42. The van der Waals surface area contributed by atoms with Crippen LogP contribution in [0.25, 0.3) is 44.6 Å². The summed E-state index contributed by atoms with van der Waals surface area (Å²) in [5, 5.41) is 3.87. The first-order valence-electron chi connectivity index (χ1n) is 13.2. The topological polar surface area (TPSA) is 7.12 Å². The van der Waals surface area contributed by atoms with Crippen LogP contribution in [0.1, 0.15) is 25.1 Å². The van der Waals surface area contributed by atoms with Crippen molar-refractivity contribution < 1.29 is 4.57 Å². The van der Waals surface area contributed by atoms with Gasteiger partial charge in [-0.05, 0) is 43.7 Å². The number of hydrogen-bond donors (Lipinski definition) is 0. The number of fused-ring (bicyclic) bond motifs is 6. The van der Waals surface area contributed by atoms with Crippen molar-refractivity contribution in [1.29, 1.82) is 0 Å². The number of benzene rings is 4. The second-order valence-corrected chi connectivity index (χ2v) is 9.30. The highest BCUT2D eigenvalue weighted by molar-refractivity contribution is 6.06. The van der Waals surface area contributed by atoms with Crippen LogP contribution in [0, 0.1) is 0 Å². The van der Waals surface area contributed by atoms with Gasteiger partial charge in [0.25, 0.3) is 0 Å². The van der Waals surface area contributed by atoms with E-state index in [2.05, 4.69) is 151 Å². The number of para-hydroxylation sites is 2. The molecule has 4 aromatic carbocycles. The zero-order valence-corrected chi connectivity index (χ0v) is 21.4. The summed E-state index contributed by atoms with van der Waals surface area (Å²) < 4.78 is 2.41. The third kappa shape index (κ3) is 3.95. The highest BCUT2D eigenvalue weighted by atomic mass is 15.1. The summed E-state index contributed by atoms with van der Waals surface area (Å²) in [6, 6.07) is 34.8. The number of hydrogen-bond acceptors (Lipinski definition) is 1. The van der Waals surface area contributed by atoms with Gasteiger partial charge in [0, 0.05) is 46.6 Å². The highest BCUT2D eigenvalue weighted by Crippen LogP contribution is 2.43. The molecule has 1 aliphatic heterocycles. The van der Waals surface area contributed by atoms with E-state index in [0.717, 1.165) is 13.1 Å². The van der Waals surface area contributed by atoms with E-state index in [1.54, 1.807) is 0 Å². The quantitative estimate of drug-likeness (QED) is 0.139. The van der Waals surface area contributed by atoms with Crippen LogP contribution in [0.15, 0.2) is 121 Å². The number of rotatable bonds is 5. The molecule has 0 fully saturated rings. The average Bonchev–Trinajstić information content (AvgIpc) is 2.96. The fourth-order valence-electron chi connectivity index (χ4n) is 5.70. The Morgan fingerprint density at radius 3 is 2.05 bits per heavy atom. The summed E-state index contributed by atoms with van der Waals surface area (Å²) in [6.07, 6.45) is 11.0. The third-order valence-corrected chi connectivity index (χ3v) is 7.32. The standard InChI is InChI=1S/C35H31N2/c1-3-36-32(28-18-10-8-16-26(28)30-20-12-14-24-34(30)36)22-6-5-7-23-33-29-19-11-9-17-27(29)31-21-13-15-25-35(31)37(33)4-2/h5-25H,3-4H2,1-2H3/q+1. The molecule has 0 saturated carbocycles. The Morgan fingerprint density at radius 2 is 1.27 bits per heavy atom. The summed E-state index contributed by atoms with van der Waals surface area (Å²) >= 11 is 0. The molecular weight excluding hydrogens is 448 g/mol. The average molecular weight is 480 g/mol. The molecule has 5 aromatic rings. The van der Waals surface area contributed by atoms with Crippen molar-refractivity contribution in [3.8, 4) is 11.1 Å². The zero-order chi connectivity index (χ0) is 25.2. The van der Waals surface area contributed by atoms with Crippen molar-refractivity contribution in [3.05, 3.63) is 133 Å². The number of allylic oxidation sites excluding steroid dienone is 4. The summed E-state index contributed by atoms with van der Waals surface area (Å²) in [6.45, 7) is 6.27. The number of aromatic nitrogens is 1. The molecule has 2 nitrogen and oxygen atoms in total. The van der Waals surface area contributed by atoms with E-state index in [4.69, 9.17) is 0 Å². The fraction of sp³-hybridized carbons (Fsp3) is 0.114. The van der Waals surface area contributed by atoms with Crippen molar-refractivity contribution >= 4 is 39.1 Å². The molecule has 180 valence electrons. The van der Waals surface area contributed by atoms with Crippen LogP contribution in [0.3, 0.4) is 0 Å². The minimum Gasteiger partial charge on any atom is -0.341 e. The summed E-state index contributed by atoms with van der Waals surface area (Å²) in [4.78, 5) is 2.41.